The summed E-state index contributed by atoms with van der Waals surface area (Å²) in [5.41, 5.74) is 2.97. The highest BCUT2D eigenvalue weighted by Gasteiger charge is 2.09. The van der Waals surface area contributed by atoms with Crippen molar-refractivity contribution in [3.05, 3.63) is 78.4 Å². The van der Waals surface area contributed by atoms with E-state index >= 15 is 0 Å². The van der Waals surface area contributed by atoms with Crippen LogP contribution in [0.4, 0.5) is 0 Å². The second kappa shape index (κ2) is 10.3. The summed E-state index contributed by atoms with van der Waals surface area (Å²) in [6.07, 6.45) is 0. The number of aliphatic hydroxyl groups excluding tert-OH is 2. The fourth-order valence-corrected chi connectivity index (χ4v) is 2.74. The van der Waals surface area contributed by atoms with Gasteiger partial charge in [0.05, 0.1) is 13.2 Å². The number of aliphatic hydroxyl groups is 2. The summed E-state index contributed by atoms with van der Waals surface area (Å²) < 4.78 is 17.0. The normalized spacial score (nSPS) is 10.5. The van der Waals surface area contributed by atoms with Crippen LogP contribution < -0.4 is 14.2 Å². The molecule has 0 unspecified atom stereocenters. The van der Waals surface area contributed by atoms with Crippen LogP contribution in [-0.4, -0.2) is 36.6 Å². The zero-order valence-electron chi connectivity index (χ0n) is 15.6. The Balaban J connectivity index is 1.74. The van der Waals surface area contributed by atoms with Gasteiger partial charge in [-0.05, 0) is 35.4 Å². The maximum Gasteiger partial charge on any atom is 0.130 e. The second-order valence-electron chi connectivity index (χ2n) is 6.10. The summed E-state index contributed by atoms with van der Waals surface area (Å²) in [6, 6.07) is 23.3. The van der Waals surface area contributed by atoms with Crippen LogP contribution in [0.3, 0.4) is 0 Å². The lowest BCUT2D eigenvalue weighted by atomic mass is 10.0. The van der Waals surface area contributed by atoms with Gasteiger partial charge in [0, 0.05) is 11.6 Å². The van der Waals surface area contributed by atoms with Gasteiger partial charge in [0.15, 0.2) is 0 Å². The third-order valence-corrected chi connectivity index (χ3v) is 4.08. The molecular formula is C23H24O5. The summed E-state index contributed by atoms with van der Waals surface area (Å²) in [6.45, 7) is 0.787. The molecule has 0 bridgehead atoms. The van der Waals surface area contributed by atoms with Crippen molar-refractivity contribution in [1.82, 2.24) is 0 Å². The Morgan fingerprint density at radius 3 is 2.04 bits per heavy atom. The third-order valence-electron chi connectivity index (χ3n) is 4.08. The zero-order chi connectivity index (χ0) is 19.6. The van der Waals surface area contributed by atoms with Crippen LogP contribution in [0, 0.1) is 0 Å². The summed E-state index contributed by atoms with van der Waals surface area (Å²) in [5.74, 6) is 2.00. The third kappa shape index (κ3) is 5.49. The molecule has 0 aliphatic rings. The quantitative estimate of drug-likeness (QED) is 0.562. The molecule has 2 N–H and O–H groups in total. The van der Waals surface area contributed by atoms with Gasteiger partial charge in [0.25, 0.3) is 0 Å². The minimum absolute atomic E-state index is 0.0565. The van der Waals surface area contributed by atoms with E-state index in [1.165, 1.54) is 0 Å². The van der Waals surface area contributed by atoms with Crippen LogP contribution in [-0.2, 0) is 6.61 Å². The minimum Gasteiger partial charge on any atom is -0.491 e. The molecule has 0 aromatic heterocycles. The highest BCUT2D eigenvalue weighted by molar-refractivity contribution is 5.72. The number of hydrogen-bond acceptors (Lipinski definition) is 5. The van der Waals surface area contributed by atoms with Crippen molar-refractivity contribution in [3.8, 4) is 28.4 Å². The molecule has 0 radical (unpaired) electrons. The van der Waals surface area contributed by atoms with E-state index in [2.05, 4.69) is 0 Å². The van der Waals surface area contributed by atoms with Gasteiger partial charge in [-0.25, -0.2) is 0 Å². The Hall–Kier alpha value is -3.02. The predicted octanol–water partition coefficient (Wildman–Crippen LogP) is 3.67. The molecule has 5 nitrogen and oxygen atoms in total. The van der Waals surface area contributed by atoms with Crippen LogP contribution >= 0.6 is 0 Å². The molecule has 3 rings (SSSR count). The maximum absolute atomic E-state index is 9.08. The Bertz CT molecular complexity index is 847. The Kier molecular flexibility index (Phi) is 7.29. The fraction of sp³-hybridized carbons (Fsp3) is 0.217. The number of hydrogen-bond donors (Lipinski definition) is 2. The van der Waals surface area contributed by atoms with Gasteiger partial charge in [-0.3, -0.25) is 0 Å². The maximum atomic E-state index is 9.08. The minimum atomic E-state index is -0.0760. The van der Waals surface area contributed by atoms with Gasteiger partial charge in [0.1, 0.15) is 37.1 Å². The highest BCUT2D eigenvalue weighted by atomic mass is 16.5. The highest BCUT2D eigenvalue weighted by Crippen LogP contribution is 2.34. The smallest absolute Gasteiger partial charge is 0.130 e. The van der Waals surface area contributed by atoms with E-state index < -0.39 is 0 Å². The largest absolute Gasteiger partial charge is 0.491 e. The average Bonchev–Trinajstić information content (AvgIpc) is 2.76. The first kappa shape index (κ1) is 19.7. The molecule has 5 heteroatoms. The van der Waals surface area contributed by atoms with Crippen LogP contribution in [0.2, 0.25) is 0 Å². The van der Waals surface area contributed by atoms with Crippen molar-refractivity contribution in [1.29, 1.82) is 0 Å². The molecule has 0 atom stereocenters. The van der Waals surface area contributed by atoms with E-state index in [0.717, 1.165) is 22.4 Å². The lowest BCUT2D eigenvalue weighted by molar-refractivity contribution is 0.195. The summed E-state index contributed by atoms with van der Waals surface area (Å²) in [4.78, 5) is 0. The summed E-state index contributed by atoms with van der Waals surface area (Å²) in [7, 11) is 0. The Morgan fingerprint density at radius 2 is 1.32 bits per heavy atom. The molecule has 3 aromatic rings. The standard InChI is InChI=1S/C23H24O5/c24-12-14-26-21-10-11-22(23(16-21)27-15-13-25)19-6-8-20(9-7-19)28-17-18-4-2-1-3-5-18/h1-11,16,24-25H,12-15,17H2. The van der Waals surface area contributed by atoms with Crippen LogP contribution in [0.25, 0.3) is 11.1 Å². The first-order valence-corrected chi connectivity index (χ1v) is 9.18. The topological polar surface area (TPSA) is 68.2 Å². The zero-order valence-corrected chi connectivity index (χ0v) is 15.6. The van der Waals surface area contributed by atoms with Crippen LogP contribution in [0.1, 0.15) is 5.56 Å². The first-order valence-electron chi connectivity index (χ1n) is 9.18. The van der Waals surface area contributed by atoms with Crippen molar-refractivity contribution in [2.75, 3.05) is 26.4 Å². The molecule has 0 spiro atoms. The van der Waals surface area contributed by atoms with Gasteiger partial charge in [0.2, 0.25) is 0 Å². The van der Waals surface area contributed by atoms with E-state index in [9.17, 15) is 0 Å². The molecule has 0 aliphatic carbocycles. The second-order valence-corrected chi connectivity index (χ2v) is 6.10. The van der Waals surface area contributed by atoms with Gasteiger partial charge >= 0.3 is 0 Å². The molecule has 28 heavy (non-hydrogen) atoms. The molecule has 146 valence electrons. The van der Waals surface area contributed by atoms with E-state index in [4.69, 9.17) is 24.4 Å². The summed E-state index contributed by atoms with van der Waals surface area (Å²) >= 11 is 0. The first-order chi connectivity index (χ1) is 13.8. The number of rotatable bonds is 10. The van der Waals surface area contributed by atoms with E-state index in [-0.39, 0.29) is 26.4 Å². The predicted molar refractivity (Wildman–Crippen MR) is 108 cm³/mol. The van der Waals surface area contributed by atoms with Crippen LogP contribution in [0.15, 0.2) is 72.8 Å². The van der Waals surface area contributed by atoms with Crippen molar-refractivity contribution in [2.24, 2.45) is 0 Å². The van der Waals surface area contributed by atoms with Gasteiger partial charge in [-0.2, -0.15) is 0 Å². The Labute approximate surface area is 164 Å². The summed E-state index contributed by atoms with van der Waals surface area (Å²) in [5, 5.41) is 18.0. The van der Waals surface area contributed by atoms with Gasteiger partial charge in [-0.15, -0.1) is 0 Å². The molecular weight excluding hydrogens is 356 g/mol. The van der Waals surface area contributed by atoms with E-state index in [1.807, 2.05) is 66.7 Å². The molecule has 0 aliphatic heterocycles. The molecule has 0 amide bonds. The van der Waals surface area contributed by atoms with Crippen molar-refractivity contribution >= 4 is 0 Å². The van der Waals surface area contributed by atoms with E-state index in [0.29, 0.717) is 18.1 Å². The molecule has 0 heterocycles. The molecule has 3 aromatic carbocycles. The molecule has 0 fully saturated rings. The lowest BCUT2D eigenvalue weighted by Crippen LogP contribution is -2.05. The van der Waals surface area contributed by atoms with Gasteiger partial charge < -0.3 is 24.4 Å². The monoisotopic (exact) mass is 380 g/mol. The number of benzene rings is 3. The van der Waals surface area contributed by atoms with Crippen molar-refractivity contribution in [2.45, 2.75) is 6.61 Å². The Morgan fingerprint density at radius 1 is 0.643 bits per heavy atom. The lowest BCUT2D eigenvalue weighted by Gasteiger charge is -2.14. The van der Waals surface area contributed by atoms with E-state index in [1.54, 1.807) is 6.07 Å². The van der Waals surface area contributed by atoms with Crippen molar-refractivity contribution in [3.63, 3.8) is 0 Å². The average molecular weight is 380 g/mol. The van der Waals surface area contributed by atoms with Crippen LogP contribution in [0.5, 0.6) is 17.2 Å². The fourth-order valence-electron chi connectivity index (χ4n) is 2.74. The SMILES string of the molecule is OCCOc1ccc(-c2ccc(OCc3ccccc3)cc2)c(OCCO)c1. The molecule has 0 saturated heterocycles. The van der Waals surface area contributed by atoms with Crippen molar-refractivity contribution < 1.29 is 24.4 Å². The molecule has 0 saturated carbocycles. The van der Waals surface area contributed by atoms with Gasteiger partial charge in [-0.1, -0.05) is 42.5 Å². The number of ether oxygens (including phenoxy) is 3.